The first kappa shape index (κ1) is 11.5. The van der Waals surface area contributed by atoms with Crippen molar-refractivity contribution in [3.8, 4) is 11.3 Å². The number of aromatic nitrogens is 1. The van der Waals surface area contributed by atoms with Gasteiger partial charge < -0.3 is 9.63 Å². The maximum absolute atomic E-state index is 9.61. The summed E-state index contributed by atoms with van der Waals surface area (Å²) in [6.07, 6.45) is 2.29. The van der Waals surface area contributed by atoms with Gasteiger partial charge in [-0.05, 0) is 37.8 Å². The van der Waals surface area contributed by atoms with E-state index in [0.717, 1.165) is 35.4 Å². The highest BCUT2D eigenvalue weighted by Gasteiger charge is 2.32. The van der Waals surface area contributed by atoms with E-state index in [2.05, 4.69) is 31.1 Å². The van der Waals surface area contributed by atoms with Crippen LogP contribution in [0.15, 0.2) is 22.7 Å². The van der Waals surface area contributed by atoms with Gasteiger partial charge in [-0.25, -0.2) is 0 Å². The highest BCUT2D eigenvalue weighted by atomic mass is 16.5. The first-order valence-corrected chi connectivity index (χ1v) is 6.38. The molecule has 0 atom stereocenters. The van der Waals surface area contributed by atoms with E-state index in [0.29, 0.717) is 5.92 Å². The van der Waals surface area contributed by atoms with Gasteiger partial charge in [0, 0.05) is 17.0 Å². The van der Waals surface area contributed by atoms with Crippen molar-refractivity contribution in [2.45, 2.75) is 39.2 Å². The molecule has 0 bridgehead atoms. The Labute approximate surface area is 106 Å². The van der Waals surface area contributed by atoms with Gasteiger partial charge in [0.05, 0.1) is 6.61 Å². The van der Waals surface area contributed by atoms with E-state index >= 15 is 0 Å². The second kappa shape index (κ2) is 4.25. The van der Waals surface area contributed by atoms with Crippen molar-refractivity contribution < 1.29 is 9.63 Å². The Kier molecular flexibility index (Phi) is 2.71. The third kappa shape index (κ3) is 1.75. The number of benzene rings is 1. The van der Waals surface area contributed by atoms with Gasteiger partial charge in [-0.3, -0.25) is 0 Å². The van der Waals surface area contributed by atoms with E-state index in [4.69, 9.17) is 4.52 Å². The summed E-state index contributed by atoms with van der Waals surface area (Å²) in [5.41, 5.74) is 5.11. The molecule has 1 aliphatic rings. The topological polar surface area (TPSA) is 46.3 Å². The molecule has 1 saturated carbocycles. The fraction of sp³-hybridized carbons (Fsp3) is 0.400. The number of aliphatic hydroxyl groups excluding tert-OH is 1. The average molecular weight is 243 g/mol. The molecule has 0 aliphatic heterocycles. The highest BCUT2D eigenvalue weighted by molar-refractivity contribution is 5.70. The van der Waals surface area contributed by atoms with Crippen molar-refractivity contribution in [3.05, 3.63) is 40.6 Å². The van der Waals surface area contributed by atoms with Gasteiger partial charge in [0.2, 0.25) is 0 Å². The first-order valence-electron chi connectivity index (χ1n) is 6.38. The predicted octanol–water partition coefficient (Wildman–Crippen LogP) is 3.33. The number of aryl methyl sites for hydroxylation is 2. The maximum atomic E-state index is 9.61. The second-order valence-corrected chi connectivity index (χ2v) is 5.07. The minimum absolute atomic E-state index is 0.00155. The number of hydrogen-bond donors (Lipinski definition) is 1. The number of nitrogens with zero attached hydrogens (tertiary/aromatic N) is 1. The van der Waals surface area contributed by atoms with E-state index in [1.807, 2.05) is 6.07 Å². The lowest BCUT2D eigenvalue weighted by atomic mass is 9.96. The van der Waals surface area contributed by atoms with Crippen molar-refractivity contribution >= 4 is 0 Å². The highest BCUT2D eigenvalue weighted by Crippen LogP contribution is 2.44. The van der Waals surface area contributed by atoms with Gasteiger partial charge in [-0.15, -0.1) is 0 Å². The first-order chi connectivity index (χ1) is 8.72. The van der Waals surface area contributed by atoms with Crippen LogP contribution in [0.3, 0.4) is 0 Å². The van der Waals surface area contributed by atoms with Crippen molar-refractivity contribution in [2.24, 2.45) is 0 Å². The summed E-state index contributed by atoms with van der Waals surface area (Å²) < 4.78 is 5.47. The smallest absolute Gasteiger partial charge is 0.145 e. The van der Waals surface area contributed by atoms with Crippen LogP contribution in [0.2, 0.25) is 0 Å². The van der Waals surface area contributed by atoms with Crippen molar-refractivity contribution in [3.63, 3.8) is 0 Å². The molecule has 18 heavy (non-hydrogen) atoms. The molecule has 0 unspecified atom stereocenters. The average Bonchev–Trinajstić information content (AvgIpc) is 3.10. The Morgan fingerprint density at radius 3 is 2.50 bits per heavy atom. The van der Waals surface area contributed by atoms with Crippen LogP contribution in [-0.4, -0.2) is 10.3 Å². The predicted molar refractivity (Wildman–Crippen MR) is 69.3 cm³/mol. The van der Waals surface area contributed by atoms with Gasteiger partial charge >= 0.3 is 0 Å². The van der Waals surface area contributed by atoms with Crippen molar-refractivity contribution in [1.29, 1.82) is 0 Å². The van der Waals surface area contributed by atoms with Crippen LogP contribution in [0, 0.1) is 13.8 Å². The van der Waals surface area contributed by atoms with Crippen molar-refractivity contribution in [1.82, 2.24) is 5.16 Å². The summed E-state index contributed by atoms with van der Waals surface area (Å²) in [4.78, 5) is 0. The third-order valence-corrected chi connectivity index (χ3v) is 3.64. The quantitative estimate of drug-likeness (QED) is 0.899. The minimum Gasteiger partial charge on any atom is -0.391 e. The molecule has 1 aromatic carbocycles. The van der Waals surface area contributed by atoms with Gasteiger partial charge in [-0.1, -0.05) is 23.4 Å². The second-order valence-electron chi connectivity index (χ2n) is 5.07. The monoisotopic (exact) mass is 243 g/mol. The molecule has 94 valence electrons. The molecule has 0 amide bonds. The van der Waals surface area contributed by atoms with Gasteiger partial charge in [0.25, 0.3) is 0 Å². The van der Waals surface area contributed by atoms with E-state index in [1.165, 1.54) is 11.1 Å². The number of rotatable bonds is 3. The Balaban J connectivity index is 2.16. The van der Waals surface area contributed by atoms with Crippen LogP contribution in [0.1, 0.15) is 41.2 Å². The molecule has 0 radical (unpaired) electrons. The number of aliphatic hydroxyl groups is 1. The lowest BCUT2D eigenvalue weighted by Crippen LogP contribution is -1.94. The summed E-state index contributed by atoms with van der Waals surface area (Å²) in [5.74, 6) is 1.35. The van der Waals surface area contributed by atoms with Gasteiger partial charge in [0.1, 0.15) is 11.5 Å². The molecular weight excluding hydrogens is 226 g/mol. The molecule has 1 heterocycles. The molecular formula is C15H17NO2. The molecule has 3 nitrogen and oxygen atoms in total. The fourth-order valence-electron chi connectivity index (χ4n) is 2.53. The molecule has 1 aromatic heterocycles. The van der Waals surface area contributed by atoms with Crippen LogP contribution >= 0.6 is 0 Å². The molecule has 3 heteroatoms. The molecule has 0 saturated heterocycles. The number of hydrogen-bond acceptors (Lipinski definition) is 3. The van der Waals surface area contributed by atoms with E-state index in [9.17, 15) is 5.11 Å². The van der Waals surface area contributed by atoms with Crippen LogP contribution in [0.5, 0.6) is 0 Å². The summed E-state index contributed by atoms with van der Waals surface area (Å²) in [7, 11) is 0. The van der Waals surface area contributed by atoms with Crippen LogP contribution in [0.25, 0.3) is 11.3 Å². The molecule has 1 N–H and O–H groups in total. The Hall–Kier alpha value is -1.61. The summed E-state index contributed by atoms with van der Waals surface area (Å²) in [6, 6.07) is 6.17. The third-order valence-electron chi connectivity index (χ3n) is 3.64. The zero-order valence-electron chi connectivity index (χ0n) is 10.7. The molecule has 1 fully saturated rings. The normalized spacial score (nSPS) is 15.1. The minimum atomic E-state index is -0.00155. The van der Waals surface area contributed by atoms with Gasteiger partial charge in [-0.2, -0.15) is 0 Å². The summed E-state index contributed by atoms with van der Waals surface area (Å²) in [5, 5.41) is 13.8. The van der Waals surface area contributed by atoms with E-state index in [1.54, 1.807) is 0 Å². The Bertz CT molecular complexity index is 562. The lowest BCUT2D eigenvalue weighted by molar-refractivity contribution is 0.277. The zero-order valence-corrected chi connectivity index (χ0v) is 10.7. The molecule has 3 rings (SSSR count). The maximum Gasteiger partial charge on any atom is 0.145 e. The zero-order chi connectivity index (χ0) is 12.7. The van der Waals surface area contributed by atoms with Crippen LogP contribution in [0.4, 0.5) is 0 Å². The summed E-state index contributed by atoms with van der Waals surface area (Å²) in [6.45, 7) is 4.13. The fourth-order valence-corrected chi connectivity index (χ4v) is 2.53. The molecule has 0 spiro atoms. The standard InChI is InChI=1S/C15H17NO2/c1-9-4-3-5-10(2)13(9)14-12(8-17)15(18-16-14)11-6-7-11/h3-5,11,17H,6-8H2,1-2H3. The van der Waals surface area contributed by atoms with Gasteiger partial charge in [0.15, 0.2) is 0 Å². The summed E-state index contributed by atoms with van der Waals surface area (Å²) >= 11 is 0. The van der Waals surface area contributed by atoms with E-state index in [-0.39, 0.29) is 6.61 Å². The van der Waals surface area contributed by atoms with E-state index < -0.39 is 0 Å². The van der Waals surface area contributed by atoms with Crippen LogP contribution < -0.4 is 0 Å². The largest absolute Gasteiger partial charge is 0.391 e. The Morgan fingerprint density at radius 2 is 1.94 bits per heavy atom. The lowest BCUT2D eigenvalue weighted by Gasteiger charge is -2.07. The van der Waals surface area contributed by atoms with Crippen molar-refractivity contribution in [2.75, 3.05) is 0 Å². The molecule has 1 aliphatic carbocycles. The van der Waals surface area contributed by atoms with Crippen LogP contribution in [-0.2, 0) is 6.61 Å². The molecule has 2 aromatic rings. The SMILES string of the molecule is Cc1cccc(C)c1-c1noc(C2CC2)c1CO. The Morgan fingerprint density at radius 1 is 1.28 bits per heavy atom.